The van der Waals surface area contributed by atoms with Crippen LogP contribution in [0.5, 0.6) is 11.5 Å². The lowest BCUT2D eigenvalue weighted by molar-refractivity contribution is -0.142. The zero-order chi connectivity index (χ0) is 17.2. The quantitative estimate of drug-likeness (QED) is 0.822. The highest BCUT2D eigenvalue weighted by Gasteiger charge is 2.33. The van der Waals surface area contributed by atoms with Crippen molar-refractivity contribution in [1.82, 2.24) is 9.80 Å². The fourth-order valence-corrected chi connectivity index (χ4v) is 3.72. The maximum Gasteiger partial charge on any atom is 0.267 e. The third-order valence-corrected chi connectivity index (χ3v) is 5.25. The number of amides is 2. The Morgan fingerprint density at radius 2 is 1.68 bits per heavy atom. The lowest BCUT2D eigenvalue weighted by Crippen LogP contribution is -2.55. The van der Waals surface area contributed by atoms with Crippen LogP contribution >= 0.6 is 11.3 Å². The second-order valence-corrected chi connectivity index (χ2v) is 6.91. The van der Waals surface area contributed by atoms with Crippen LogP contribution in [0.25, 0.3) is 0 Å². The monoisotopic (exact) mass is 358 g/mol. The van der Waals surface area contributed by atoms with E-state index in [2.05, 4.69) is 0 Å². The average molecular weight is 358 g/mol. The molecule has 1 saturated heterocycles. The molecule has 130 valence electrons. The van der Waals surface area contributed by atoms with E-state index in [4.69, 9.17) is 9.47 Å². The van der Waals surface area contributed by atoms with Crippen LogP contribution in [0.4, 0.5) is 0 Å². The molecule has 0 spiro atoms. The molecule has 1 unspecified atom stereocenters. The highest BCUT2D eigenvalue weighted by atomic mass is 32.1. The molecular formula is C18H18N2O4S. The van der Waals surface area contributed by atoms with Gasteiger partial charge in [-0.2, -0.15) is 0 Å². The summed E-state index contributed by atoms with van der Waals surface area (Å²) in [6.07, 6.45) is -0.630. The summed E-state index contributed by atoms with van der Waals surface area (Å²) in [5.74, 6) is 1.21. The number of hydrogen-bond donors (Lipinski definition) is 0. The fourth-order valence-electron chi connectivity index (χ4n) is 3.03. The van der Waals surface area contributed by atoms with Crippen LogP contribution in [0.2, 0.25) is 0 Å². The van der Waals surface area contributed by atoms with Crippen molar-refractivity contribution in [2.24, 2.45) is 0 Å². The molecule has 1 fully saturated rings. The number of nitrogens with zero attached hydrogens (tertiary/aromatic N) is 2. The van der Waals surface area contributed by atoms with Crippen molar-refractivity contribution in [2.75, 3.05) is 32.8 Å². The number of rotatable bonds is 2. The number of hydrogen-bond acceptors (Lipinski definition) is 5. The number of piperazine rings is 1. The van der Waals surface area contributed by atoms with Crippen molar-refractivity contribution in [3.05, 3.63) is 46.7 Å². The molecule has 1 aromatic carbocycles. The molecule has 2 aliphatic heterocycles. The second kappa shape index (κ2) is 6.76. The van der Waals surface area contributed by atoms with E-state index in [0.29, 0.717) is 37.7 Å². The van der Waals surface area contributed by atoms with Crippen molar-refractivity contribution in [1.29, 1.82) is 0 Å². The van der Waals surface area contributed by atoms with Gasteiger partial charge in [0.15, 0.2) is 11.5 Å². The summed E-state index contributed by atoms with van der Waals surface area (Å²) in [5.41, 5.74) is 0. The van der Waals surface area contributed by atoms with E-state index in [1.54, 1.807) is 15.9 Å². The van der Waals surface area contributed by atoms with Gasteiger partial charge in [-0.25, -0.2) is 0 Å². The number of carbonyl (C=O) groups is 2. The first-order valence-corrected chi connectivity index (χ1v) is 9.10. The predicted molar refractivity (Wildman–Crippen MR) is 93.2 cm³/mol. The van der Waals surface area contributed by atoms with E-state index in [1.807, 2.05) is 35.7 Å². The summed E-state index contributed by atoms with van der Waals surface area (Å²) in [6.45, 7) is 2.30. The molecule has 1 aromatic heterocycles. The van der Waals surface area contributed by atoms with Crippen LogP contribution in [0.3, 0.4) is 0 Å². The molecular weight excluding hydrogens is 340 g/mol. The fraction of sp³-hybridized carbons (Fsp3) is 0.333. The van der Waals surface area contributed by atoms with Crippen molar-refractivity contribution in [3.63, 3.8) is 0 Å². The van der Waals surface area contributed by atoms with Crippen molar-refractivity contribution >= 4 is 23.2 Å². The first-order chi connectivity index (χ1) is 12.2. The van der Waals surface area contributed by atoms with Gasteiger partial charge in [-0.1, -0.05) is 18.2 Å². The number of carbonyl (C=O) groups excluding carboxylic acids is 2. The largest absolute Gasteiger partial charge is 0.485 e. The van der Waals surface area contributed by atoms with Gasteiger partial charge in [-0.3, -0.25) is 9.59 Å². The van der Waals surface area contributed by atoms with Crippen LogP contribution in [0.15, 0.2) is 41.8 Å². The summed E-state index contributed by atoms with van der Waals surface area (Å²) >= 11 is 1.44. The number of para-hydroxylation sites is 2. The third kappa shape index (κ3) is 3.19. The molecule has 25 heavy (non-hydrogen) atoms. The maximum absolute atomic E-state index is 12.7. The normalized spacial score (nSPS) is 19.6. The highest BCUT2D eigenvalue weighted by Crippen LogP contribution is 2.31. The molecule has 7 heteroatoms. The first-order valence-electron chi connectivity index (χ1n) is 8.22. The predicted octanol–water partition coefficient (Wildman–Crippen LogP) is 1.87. The summed E-state index contributed by atoms with van der Waals surface area (Å²) < 4.78 is 11.4. The van der Waals surface area contributed by atoms with E-state index in [9.17, 15) is 9.59 Å². The molecule has 0 aliphatic carbocycles. The number of thiophene rings is 1. The van der Waals surface area contributed by atoms with Gasteiger partial charge in [0.25, 0.3) is 11.8 Å². The Bertz CT molecular complexity index is 769. The van der Waals surface area contributed by atoms with Crippen molar-refractivity contribution in [3.8, 4) is 11.5 Å². The van der Waals surface area contributed by atoms with E-state index in [0.717, 1.165) is 4.88 Å². The minimum absolute atomic E-state index is 0.0354. The Balaban J connectivity index is 1.35. The molecule has 6 nitrogen and oxygen atoms in total. The molecule has 2 aliphatic rings. The summed E-state index contributed by atoms with van der Waals surface area (Å²) in [5, 5.41) is 1.89. The highest BCUT2D eigenvalue weighted by molar-refractivity contribution is 7.12. The summed E-state index contributed by atoms with van der Waals surface area (Å²) in [4.78, 5) is 29.3. The van der Waals surface area contributed by atoms with Gasteiger partial charge in [0.2, 0.25) is 6.10 Å². The number of fused-ring (bicyclic) bond motifs is 1. The van der Waals surface area contributed by atoms with Crippen molar-refractivity contribution in [2.45, 2.75) is 6.10 Å². The molecule has 4 rings (SSSR count). The first kappa shape index (κ1) is 16.0. The van der Waals surface area contributed by atoms with Crippen LogP contribution in [0.1, 0.15) is 9.67 Å². The van der Waals surface area contributed by atoms with Crippen LogP contribution in [0, 0.1) is 0 Å². The Morgan fingerprint density at radius 1 is 0.960 bits per heavy atom. The molecule has 2 aromatic rings. The van der Waals surface area contributed by atoms with E-state index >= 15 is 0 Å². The van der Waals surface area contributed by atoms with Crippen LogP contribution in [-0.4, -0.2) is 60.5 Å². The molecule has 1 atom stereocenters. The topological polar surface area (TPSA) is 59.1 Å². The zero-order valence-electron chi connectivity index (χ0n) is 13.6. The van der Waals surface area contributed by atoms with Gasteiger partial charge in [-0.15, -0.1) is 11.3 Å². The molecule has 3 heterocycles. The molecule has 2 amide bonds. The molecule has 0 radical (unpaired) electrons. The average Bonchev–Trinajstić information content (AvgIpc) is 3.21. The molecule has 0 saturated carbocycles. The number of benzene rings is 1. The van der Waals surface area contributed by atoms with Crippen molar-refractivity contribution < 1.29 is 19.1 Å². The molecule has 0 bridgehead atoms. The lowest BCUT2D eigenvalue weighted by Gasteiger charge is -2.37. The zero-order valence-corrected chi connectivity index (χ0v) is 14.4. The van der Waals surface area contributed by atoms with E-state index in [-0.39, 0.29) is 18.4 Å². The van der Waals surface area contributed by atoms with Crippen LogP contribution in [-0.2, 0) is 4.79 Å². The van der Waals surface area contributed by atoms with Gasteiger partial charge in [0.05, 0.1) is 4.88 Å². The van der Waals surface area contributed by atoms with Gasteiger partial charge in [0, 0.05) is 26.2 Å². The summed E-state index contributed by atoms with van der Waals surface area (Å²) in [6, 6.07) is 11.0. The molecule has 0 N–H and O–H groups in total. The third-order valence-electron chi connectivity index (χ3n) is 4.39. The minimum atomic E-state index is -0.630. The minimum Gasteiger partial charge on any atom is -0.485 e. The Labute approximate surface area is 149 Å². The Kier molecular flexibility index (Phi) is 4.31. The lowest BCUT2D eigenvalue weighted by atomic mass is 10.2. The van der Waals surface area contributed by atoms with E-state index < -0.39 is 6.10 Å². The number of ether oxygens (including phenoxy) is 2. The van der Waals surface area contributed by atoms with Gasteiger partial charge >= 0.3 is 0 Å². The second-order valence-electron chi connectivity index (χ2n) is 5.96. The Morgan fingerprint density at radius 3 is 2.40 bits per heavy atom. The Hall–Kier alpha value is -2.54. The maximum atomic E-state index is 12.7. The SMILES string of the molecule is O=C(c1cccs1)N1CCN(C(=O)C2COc3ccccc3O2)CC1. The van der Waals surface area contributed by atoms with Gasteiger partial charge < -0.3 is 19.3 Å². The standard InChI is InChI=1S/C18H18N2O4S/c21-17(15-12-23-13-4-1-2-5-14(13)24-15)19-7-9-20(10-8-19)18(22)16-6-3-11-25-16/h1-6,11,15H,7-10,12H2. The van der Waals surface area contributed by atoms with Crippen LogP contribution < -0.4 is 9.47 Å². The smallest absolute Gasteiger partial charge is 0.267 e. The summed E-state index contributed by atoms with van der Waals surface area (Å²) in [7, 11) is 0. The van der Waals surface area contributed by atoms with E-state index in [1.165, 1.54) is 11.3 Å². The van der Waals surface area contributed by atoms with Gasteiger partial charge in [0.1, 0.15) is 6.61 Å². The van der Waals surface area contributed by atoms with Gasteiger partial charge in [-0.05, 0) is 23.6 Å².